The maximum absolute atomic E-state index is 14.0. The zero-order chi connectivity index (χ0) is 29.4. The van der Waals surface area contributed by atoms with Crippen LogP contribution >= 0.6 is 0 Å². The van der Waals surface area contributed by atoms with Crippen LogP contribution in [0.25, 0.3) is 0 Å². The molecular formula is C30H36FN3O5S. The lowest BCUT2D eigenvalue weighted by molar-refractivity contribution is -0.139. The number of carbonyl (C=O) groups excluding carboxylic acids is 2. The van der Waals surface area contributed by atoms with Gasteiger partial charge in [0.2, 0.25) is 11.8 Å². The molecule has 3 aromatic carbocycles. The molecule has 0 aromatic heterocycles. The van der Waals surface area contributed by atoms with Gasteiger partial charge in [0.15, 0.2) is 0 Å². The van der Waals surface area contributed by atoms with Gasteiger partial charge in [-0.15, -0.1) is 0 Å². The van der Waals surface area contributed by atoms with Gasteiger partial charge in [0.25, 0.3) is 10.0 Å². The minimum Gasteiger partial charge on any atom is -0.495 e. The Balaban J connectivity index is 2.06. The van der Waals surface area contributed by atoms with Gasteiger partial charge in [0.1, 0.15) is 24.2 Å². The number of methoxy groups -OCH3 is 1. The average molecular weight is 570 g/mol. The predicted molar refractivity (Wildman–Crippen MR) is 153 cm³/mol. The molecule has 1 N–H and O–H groups in total. The number of aryl methyl sites for hydroxylation is 1. The molecule has 1 atom stereocenters. The molecule has 0 aliphatic heterocycles. The Bertz CT molecular complexity index is 1410. The van der Waals surface area contributed by atoms with Crippen molar-refractivity contribution in [3.63, 3.8) is 0 Å². The zero-order valence-corrected chi connectivity index (χ0v) is 24.2. The molecule has 10 heteroatoms. The Kier molecular flexibility index (Phi) is 10.3. The quantitative estimate of drug-likeness (QED) is 0.346. The Morgan fingerprint density at radius 3 is 2.23 bits per heavy atom. The second-order valence-electron chi connectivity index (χ2n) is 9.96. The number of halogens is 1. The van der Waals surface area contributed by atoms with Gasteiger partial charge in [0.05, 0.1) is 17.7 Å². The molecule has 0 radical (unpaired) electrons. The van der Waals surface area contributed by atoms with Crippen LogP contribution in [0.2, 0.25) is 0 Å². The Morgan fingerprint density at radius 1 is 0.975 bits per heavy atom. The molecular weight excluding hydrogens is 533 g/mol. The van der Waals surface area contributed by atoms with E-state index in [1.165, 1.54) is 48.4 Å². The summed E-state index contributed by atoms with van der Waals surface area (Å²) in [6.45, 7) is 7.08. The smallest absolute Gasteiger partial charge is 0.264 e. The third kappa shape index (κ3) is 7.59. The summed E-state index contributed by atoms with van der Waals surface area (Å²) in [5.74, 6) is -0.964. The molecule has 0 aliphatic rings. The van der Waals surface area contributed by atoms with E-state index < -0.39 is 34.3 Å². The number of anilines is 1. The van der Waals surface area contributed by atoms with E-state index in [0.29, 0.717) is 12.1 Å². The standard InChI is InChI=1S/C30H36FN3O5S/c1-21(2)18-32-30(36)23(4)33(19-24-12-14-25(31)15-13-24)29(35)20-34(27-17-22(3)11-16-28(27)39-5)40(37,38)26-9-7-6-8-10-26/h6-17,21,23H,18-20H2,1-5H3,(H,32,36). The van der Waals surface area contributed by atoms with Crippen LogP contribution in [0.4, 0.5) is 10.1 Å². The van der Waals surface area contributed by atoms with E-state index in [1.54, 1.807) is 50.2 Å². The summed E-state index contributed by atoms with van der Waals surface area (Å²) >= 11 is 0. The van der Waals surface area contributed by atoms with E-state index in [0.717, 1.165) is 9.87 Å². The summed E-state index contributed by atoms with van der Waals surface area (Å²) in [4.78, 5) is 28.3. The van der Waals surface area contributed by atoms with Crippen LogP contribution < -0.4 is 14.4 Å². The SMILES string of the molecule is COc1ccc(C)cc1N(CC(=O)N(Cc1ccc(F)cc1)C(C)C(=O)NCC(C)C)S(=O)(=O)c1ccccc1. The van der Waals surface area contributed by atoms with Gasteiger partial charge in [-0.2, -0.15) is 0 Å². The minimum absolute atomic E-state index is 0.000770. The molecule has 0 bridgehead atoms. The van der Waals surface area contributed by atoms with Crippen molar-refractivity contribution in [3.8, 4) is 5.75 Å². The lowest BCUT2D eigenvalue weighted by Gasteiger charge is -2.32. The molecule has 0 fully saturated rings. The average Bonchev–Trinajstić information content (AvgIpc) is 2.94. The normalized spacial score (nSPS) is 12.1. The van der Waals surface area contributed by atoms with Crippen molar-refractivity contribution in [1.29, 1.82) is 0 Å². The molecule has 214 valence electrons. The number of hydrogen-bond donors (Lipinski definition) is 1. The highest BCUT2D eigenvalue weighted by molar-refractivity contribution is 7.92. The number of nitrogens with zero attached hydrogens (tertiary/aromatic N) is 2. The number of benzene rings is 3. The van der Waals surface area contributed by atoms with E-state index in [1.807, 2.05) is 13.8 Å². The number of rotatable bonds is 12. The van der Waals surface area contributed by atoms with Gasteiger partial charge in [-0.3, -0.25) is 13.9 Å². The highest BCUT2D eigenvalue weighted by Gasteiger charge is 2.33. The second kappa shape index (κ2) is 13.4. The minimum atomic E-state index is -4.22. The molecule has 0 aliphatic carbocycles. The van der Waals surface area contributed by atoms with Crippen LogP contribution in [0.1, 0.15) is 31.9 Å². The van der Waals surface area contributed by atoms with E-state index in [9.17, 15) is 22.4 Å². The van der Waals surface area contributed by atoms with E-state index in [4.69, 9.17) is 4.74 Å². The van der Waals surface area contributed by atoms with Crippen LogP contribution in [0, 0.1) is 18.7 Å². The molecule has 0 saturated heterocycles. The van der Waals surface area contributed by atoms with Gasteiger partial charge in [-0.25, -0.2) is 12.8 Å². The molecule has 0 spiro atoms. The fourth-order valence-electron chi connectivity index (χ4n) is 4.05. The third-order valence-electron chi connectivity index (χ3n) is 6.33. The van der Waals surface area contributed by atoms with Crippen molar-refractivity contribution in [1.82, 2.24) is 10.2 Å². The van der Waals surface area contributed by atoms with Crippen molar-refractivity contribution in [2.45, 2.75) is 45.2 Å². The van der Waals surface area contributed by atoms with Crippen molar-refractivity contribution in [3.05, 3.63) is 89.7 Å². The maximum Gasteiger partial charge on any atom is 0.264 e. The molecule has 0 saturated carbocycles. The van der Waals surface area contributed by atoms with Gasteiger partial charge >= 0.3 is 0 Å². The zero-order valence-electron chi connectivity index (χ0n) is 23.4. The third-order valence-corrected chi connectivity index (χ3v) is 8.11. The first kappa shape index (κ1) is 30.6. The fraction of sp³-hybridized carbons (Fsp3) is 0.333. The summed E-state index contributed by atoms with van der Waals surface area (Å²) in [6, 6.07) is 17.5. The van der Waals surface area contributed by atoms with E-state index in [-0.39, 0.29) is 34.7 Å². The Hall–Kier alpha value is -3.92. The predicted octanol–water partition coefficient (Wildman–Crippen LogP) is 4.53. The van der Waals surface area contributed by atoms with Crippen molar-refractivity contribution in [2.24, 2.45) is 5.92 Å². The van der Waals surface area contributed by atoms with Crippen LogP contribution in [0.5, 0.6) is 5.75 Å². The largest absolute Gasteiger partial charge is 0.495 e. The number of sulfonamides is 1. The first-order valence-electron chi connectivity index (χ1n) is 13.0. The van der Waals surface area contributed by atoms with Crippen LogP contribution in [0.15, 0.2) is 77.7 Å². The Morgan fingerprint density at radius 2 is 1.62 bits per heavy atom. The van der Waals surface area contributed by atoms with Crippen molar-refractivity contribution < 1.29 is 27.1 Å². The molecule has 0 heterocycles. The van der Waals surface area contributed by atoms with Crippen LogP contribution in [0.3, 0.4) is 0 Å². The summed E-state index contributed by atoms with van der Waals surface area (Å²) < 4.78 is 47.9. The summed E-state index contributed by atoms with van der Waals surface area (Å²) in [5, 5.41) is 2.83. The monoisotopic (exact) mass is 569 g/mol. The highest BCUT2D eigenvalue weighted by Crippen LogP contribution is 2.33. The topological polar surface area (TPSA) is 96.0 Å². The van der Waals surface area contributed by atoms with Gasteiger partial charge in [0, 0.05) is 13.1 Å². The number of nitrogens with one attached hydrogen (secondary N) is 1. The van der Waals surface area contributed by atoms with Crippen molar-refractivity contribution in [2.75, 3.05) is 24.5 Å². The molecule has 40 heavy (non-hydrogen) atoms. The van der Waals surface area contributed by atoms with Crippen LogP contribution in [-0.4, -0.2) is 51.4 Å². The van der Waals surface area contributed by atoms with Crippen molar-refractivity contribution >= 4 is 27.5 Å². The summed E-state index contributed by atoms with van der Waals surface area (Å²) in [6.07, 6.45) is 0. The first-order chi connectivity index (χ1) is 18.9. The van der Waals surface area contributed by atoms with E-state index >= 15 is 0 Å². The number of amides is 2. The molecule has 2 amide bonds. The number of hydrogen-bond acceptors (Lipinski definition) is 5. The molecule has 8 nitrogen and oxygen atoms in total. The van der Waals surface area contributed by atoms with Gasteiger partial charge < -0.3 is 15.0 Å². The summed E-state index contributed by atoms with van der Waals surface area (Å²) in [7, 11) is -2.80. The number of carbonyl (C=O) groups is 2. The lowest BCUT2D eigenvalue weighted by Crippen LogP contribution is -2.51. The maximum atomic E-state index is 14.0. The van der Waals surface area contributed by atoms with E-state index in [2.05, 4.69) is 5.32 Å². The second-order valence-corrected chi connectivity index (χ2v) is 11.8. The fourth-order valence-corrected chi connectivity index (χ4v) is 5.49. The highest BCUT2D eigenvalue weighted by atomic mass is 32.2. The molecule has 3 aromatic rings. The van der Waals surface area contributed by atoms with Gasteiger partial charge in [-0.1, -0.05) is 50.2 Å². The van der Waals surface area contributed by atoms with Gasteiger partial charge in [-0.05, 0) is 67.3 Å². The Labute approximate surface area is 235 Å². The molecule has 3 rings (SSSR count). The number of ether oxygens (including phenoxy) is 1. The lowest BCUT2D eigenvalue weighted by atomic mass is 10.1. The van der Waals surface area contributed by atoms with Crippen LogP contribution in [-0.2, 0) is 26.2 Å². The first-order valence-corrected chi connectivity index (χ1v) is 14.4. The summed E-state index contributed by atoms with van der Waals surface area (Å²) in [5.41, 5.74) is 1.54. The molecule has 1 unspecified atom stereocenters.